The van der Waals surface area contributed by atoms with Gasteiger partial charge in [0, 0.05) is 18.3 Å². The average molecular weight is 222 g/mol. The van der Waals surface area contributed by atoms with Gasteiger partial charge in [-0.05, 0) is 31.0 Å². The van der Waals surface area contributed by atoms with Crippen LogP contribution >= 0.6 is 0 Å². The number of nitrogens with one attached hydrogen (secondary N) is 1. The Hall–Kier alpha value is -1.42. The van der Waals surface area contributed by atoms with Crippen molar-refractivity contribution in [2.45, 2.75) is 13.3 Å². The molecule has 1 heterocycles. The van der Waals surface area contributed by atoms with E-state index in [1.807, 2.05) is 18.2 Å². The molecule has 0 bridgehead atoms. The average Bonchev–Trinajstić information content (AvgIpc) is 2.74. The standard InChI is InChI=1S/C12H18N2O2/c1-9(4-5-13)7-14-10-2-3-11-12(6-10)16-8-15-11/h2-3,6,9,14H,4-5,7-8,13H2,1H3. The Kier molecular flexibility index (Phi) is 3.51. The SMILES string of the molecule is CC(CCN)CNc1ccc2c(c1)OCO2. The van der Waals surface area contributed by atoms with E-state index in [1.165, 1.54) is 0 Å². The summed E-state index contributed by atoms with van der Waals surface area (Å²) in [5.74, 6) is 2.22. The first-order chi connectivity index (χ1) is 7.79. The lowest BCUT2D eigenvalue weighted by molar-refractivity contribution is 0.174. The summed E-state index contributed by atoms with van der Waals surface area (Å²) in [4.78, 5) is 0. The maximum absolute atomic E-state index is 5.51. The third-order valence-electron chi connectivity index (χ3n) is 2.69. The molecule has 0 spiro atoms. The van der Waals surface area contributed by atoms with E-state index >= 15 is 0 Å². The lowest BCUT2D eigenvalue weighted by Crippen LogP contribution is -2.15. The molecule has 0 saturated heterocycles. The van der Waals surface area contributed by atoms with Crippen molar-refractivity contribution in [3.63, 3.8) is 0 Å². The summed E-state index contributed by atoms with van der Waals surface area (Å²) in [5.41, 5.74) is 6.57. The molecule has 1 aromatic rings. The second-order valence-corrected chi connectivity index (χ2v) is 4.13. The fourth-order valence-electron chi connectivity index (χ4n) is 1.69. The third-order valence-corrected chi connectivity index (χ3v) is 2.69. The molecule has 0 aromatic heterocycles. The van der Waals surface area contributed by atoms with Crippen LogP contribution in [-0.2, 0) is 0 Å². The zero-order valence-electron chi connectivity index (χ0n) is 9.53. The Balaban J connectivity index is 1.90. The van der Waals surface area contributed by atoms with Gasteiger partial charge in [0.2, 0.25) is 6.79 Å². The summed E-state index contributed by atoms with van der Waals surface area (Å²) < 4.78 is 10.6. The molecule has 88 valence electrons. The normalized spacial score (nSPS) is 14.9. The molecule has 1 unspecified atom stereocenters. The fraction of sp³-hybridized carbons (Fsp3) is 0.500. The number of hydrogen-bond acceptors (Lipinski definition) is 4. The van der Waals surface area contributed by atoms with Gasteiger partial charge in [0.15, 0.2) is 11.5 Å². The molecular weight excluding hydrogens is 204 g/mol. The molecule has 0 aliphatic carbocycles. The van der Waals surface area contributed by atoms with Gasteiger partial charge in [0.05, 0.1) is 0 Å². The Bertz CT molecular complexity index is 355. The zero-order chi connectivity index (χ0) is 11.4. The van der Waals surface area contributed by atoms with Crippen LogP contribution in [0.25, 0.3) is 0 Å². The van der Waals surface area contributed by atoms with Gasteiger partial charge in [0.25, 0.3) is 0 Å². The van der Waals surface area contributed by atoms with E-state index in [9.17, 15) is 0 Å². The highest BCUT2D eigenvalue weighted by molar-refractivity contribution is 5.55. The molecule has 0 amide bonds. The van der Waals surface area contributed by atoms with E-state index < -0.39 is 0 Å². The van der Waals surface area contributed by atoms with Gasteiger partial charge in [-0.2, -0.15) is 0 Å². The van der Waals surface area contributed by atoms with E-state index in [0.29, 0.717) is 12.7 Å². The number of rotatable bonds is 5. The van der Waals surface area contributed by atoms with Crippen molar-refractivity contribution in [1.29, 1.82) is 0 Å². The maximum atomic E-state index is 5.51. The quantitative estimate of drug-likeness (QED) is 0.797. The van der Waals surface area contributed by atoms with E-state index in [1.54, 1.807) is 0 Å². The van der Waals surface area contributed by atoms with Crippen LogP contribution in [0.5, 0.6) is 11.5 Å². The lowest BCUT2D eigenvalue weighted by Gasteiger charge is -2.12. The molecule has 16 heavy (non-hydrogen) atoms. The molecule has 2 rings (SSSR count). The molecule has 0 saturated carbocycles. The lowest BCUT2D eigenvalue weighted by atomic mass is 10.1. The van der Waals surface area contributed by atoms with Crippen molar-refractivity contribution >= 4 is 5.69 Å². The van der Waals surface area contributed by atoms with Gasteiger partial charge in [-0.1, -0.05) is 6.92 Å². The predicted molar refractivity (Wildman–Crippen MR) is 63.9 cm³/mol. The molecule has 0 fully saturated rings. The van der Waals surface area contributed by atoms with Crippen LogP contribution in [0.4, 0.5) is 5.69 Å². The summed E-state index contributed by atoms with van der Waals surface area (Å²) in [6.07, 6.45) is 1.04. The van der Waals surface area contributed by atoms with Gasteiger partial charge in [-0.15, -0.1) is 0 Å². The van der Waals surface area contributed by atoms with Crippen molar-refractivity contribution in [1.82, 2.24) is 0 Å². The van der Waals surface area contributed by atoms with E-state index in [4.69, 9.17) is 15.2 Å². The number of ether oxygens (including phenoxy) is 2. The molecular formula is C12H18N2O2. The maximum Gasteiger partial charge on any atom is 0.231 e. The van der Waals surface area contributed by atoms with Crippen LogP contribution in [0.15, 0.2) is 18.2 Å². The smallest absolute Gasteiger partial charge is 0.231 e. The minimum absolute atomic E-state index is 0.322. The molecule has 1 aromatic carbocycles. The van der Waals surface area contributed by atoms with Crippen LogP contribution in [0.1, 0.15) is 13.3 Å². The molecule has 3 N–H and O–H groups in total. The third kappa shape index (κ3) is 2.58. The van der Waals surface area contributed by atoms with Gasteiger partial charge in [0.1, 0.15) is 0 Å². The first-order valence-corrected chi connectivity index (χ1v) is 5.63. The highest BCUT2D eigenvalue weighted by atomic mass is 16.7. The topological polar surface area (TPSA) is 56.5 Å². The number of nitrogens with two attached hydrogens (primary N) is 1. The van der Waals surface area contributed by atoms with Crippen molar-refractivity contribution in [2.75, 3.05) is 25.2 Å². The molecule has 4 heteroatoms. The number of benzene rings is 1. The Labute approximate surface area is 95.7 Å². The summed E-state index contributed by atoms with van der Waals surface area (Å²) >= 11 is 0. The van der Waals surface area contributed by atoms with Crippen LogP contribution in [0.3, 0.4) is 0 Å². The van der Waals surface area contributed by atoms with Crippen molar-refractivity contribution in [3.8, 4) is 11.5 Å². The van der Waals surface area contributed by atoms with Crippen LogP contribution in [-0.4, -0.2) is 19.9 Å². The summed E-state index contributed by atoms with van der Waals surface area (Å²) in [6.45, 7) is 4.18. The Morgan fingerprint density at radius 3 is 3.00 bits per heavy atom. The van der Waals surface area contributed by atoms with Crippen LogP contribution in [0.2, 0.25) is 0 Å². The summed E-state index contributed by atoms with van der Waals surface area (Å²) in [6, 6.07) is 5.90. The summed E-state index contributed by atoms with van der Waals surface area (Å²) in [7, 11) is 0. The van der Waals surface area contributed by atoms with Gasteiger partial charge in [-0.3, -0.25) is 0 Å². The summed E-state index contributed by atoms with van der Waals surface area (Å²) in [5, 5.41) is 3.37. The molecule has 0 radical (unpaired) electrons. The number of anilines is 1. The van der Waals surface area contributed by atoms with Gasteiger partial charge in [-0.25, -0.2) is 0 Å². The minimum Gasteiger partial charge on any atom is -0.454 e. The van der Waals surface area contributed by atoms with Gasteiger partial charge < -0.3 is 20.5 Å². The van der Waals surface area contributed by atoms with Crippen molar-refractivity contribution in [3.05, 3.63) is 18.2 Å². The molecule has 1 aliphatic heterocycles. The van der Waals surface area contributed by atoms with Crippen LogP contribution in [0, 0.1) is 5.92 Å². The second-order valence-electron chi connectivity index (χ2n) is 4.13. The van der Waals surface area contributed by atoms with E-state index in [0.717, 1.165) is 36.7 Å². The predicted octanol–water partition coefficient (Wildman–Crippen LogP) is 1.81. The Morgan fingerprint density at radius 1 is 1.38 bits per heavy atom. The molecule has 4 nitrogen and oxygen atoms in total. The highest BCUT2D eigenvalue weighted by Gasteiger charge is 2.13. The highest BCUT2D eigenvalue weighted by Crippen LogP contribution is 2.34. The largest absolute Gasteiger partial charge is 0.454 e. The van der Waals surface area contributed by atoms with Crippen molar-refractivity contribution in [2.24, 2.45) is 11.7 Å². The van der Waals surface area contributed by atoms with Crippen LogP contribution < -0.4 is 20.5 Å². The fourth-order valence-corrected chi connectivity index (χ4v) is 1.69. The van der Waals surface area contributed by atoms with Crippen molar-refractivity contribution < 1.29 is 9.47 Å². The van der Waals surface area contributed by atoms with E-state index in [-0.39, 0.29) is 0 Å². The first-order valence-electron chi connectivity index (χ1n) is 5.63. The van der Waals surface area contributed by atoms with E-state index in [2.05, 4.69) is 12.2 Å². The zero-order valence-corrected chi connectivity index (χ0v) is 9.53. The molecule has 1 aliphatic rings. The first kappa shape index (κ1) is 11.1. The van der Waals surface area contributed by atoms with Gasteiger partial charge >= 0.3 is 0 Å². The minimum atomic E-state index is 0.322. The monoisotopic (exact) mass is 222 g/mol. The number of hydrogen-bond donors (Lipinski definition) is 2. The Morgan fingerprint density at radius 2 is 2.19 bits per heavy atom. The second kappa shape index (κ2) is 5.07. The number of fused-ring (bicyclic) bond motifs is 1. The molecule has 1 atom stereocenters.